The molecule has 17 heavy (non-hydrogen) atoms. The van der Waals surface area contributed by atoms with Gasteiger partial charge in [0.15, 0.2) is 0 Å². The van der Waals surface area contributed by atoms with Crippen molar-refractivity contribution >= 4 is 17.9 Å². The van der Waals surface area contributed by atoms with E-state index in [0.29, 0.717) is 12.1 Å². The predicted octanol–water partition coefficient (Wildman–Crippen LogP) is 3.30. The summed E-state index contributed by atoms with van der Waals surface area (Å²) in [7, 11) is 0. The van der Waals surface area contributed by atoms with Gasteiger partial charge >= 0.3 is 0 Å². The minimum Gasteiger partial charge on any atom is -0.326 e. The van der Waals surface area contributed by atoms with Crippen LogP contribution in [0, 0.1) is 0 Å². The van der Waals surface area contributed by atoms with Crippen molar-refractivity contribution < 1.29 is 4.79 Å². The van der Waals surface area contributed by atoms with Crippen molar-refractivity contribution in [1.82, 2.24) is 0 Å². The molecule has 0 heterocycles. The van der Waals surface area contributed by atoms with Crippen LogP contribution in [0.2, 0.25) is 5.02 Å². The summed E-state index contributed by atoms with van der Waals surface area (Å²) in [6.07, 6.45) is 0.820. The molecule has 0 amide bonds. The number of halogens is 1. The lowest BCUT2D eigenvalue weighted by Gasteiger charge is -1.93. The summed E-state index contributed by atoms with van der Waals surface area (Å²) in [5.74, 6) is 0. The van der Waals surface area contributed by atoms with Gasteiger partial charge in [-0.05, 0) is 17.7 Å². The van der Waals surface area contributed by atoms with Gasteiger partial charge < -0.3 is 5.73 Å². The van der Waals surface area contributed by atoms with E-state index in [1.807, 2.05) is 42.5 Å². The standard InChI is InChI=1S/C8H9NO.C6H5Cl/c9-5-7-1-3-8(6-10)4-2-7;7-6-4-2-1-3-5-6/h1-4,6H,5,9H2;1-5H. The van der Waals surface area contributed by atoms with Gasteiger partial charge in [0.2, 0.25) is 0 Å². The molecule has 0 saturated heterocycles. The number of carbonyl (C=O) groups excluding carboxylic acids is 1. The highest BCUT2D eigenvalue weighted by atomic mass is 35.5. The first-order valence-corrected chi connectivity index (χ1v) is 5.59. The smallest absolute Gasteiger partial charge is 0.150 e. The molecule has 0 aliphatic carbocycles. The highest BCUT2D eigenvalue weighted by Crippen LogP contribution is 2.03. The fourth-order valence-electron chi connectivity index (χ4n) is 1.15. The molecule has 2 aromatic rings. The molecule has 0 unspecified atom stereocenters. The molecule has 2 rings (SSSR count). The zero-order chi connectivity index (χ0) is 12.5. The van der Waals surface area contributed by atoms with Crippen molar-refractivity contribution in [2.45, 2.75) is 6.54 Å². The highest BCUT2D eigenvalue weighted by molar-refractivity contribution is 6.30. The second-order valence-corrected chi connectivity index (χ2v) is 3.80. The van der Waals surface area contributed by atoms with Crippen molar-refractivity contribution in [3.05, 3.63) is 70.7 Å². The molecule has 3 heteroatoms. The second-order valence-electron chi connectivity index (χ2n) is 3.36. The Kier molecular flexibility index (Phi) is 6.00. The molecular weight excluding hydrogens is 234 g/mol. The van der Waals surface area contributed by atoms with Crippen molar-refractivity contribution in [2.24, 2.45) is 5.73 Å². The summed E-state index contributed by atoms with van der Waals surface area (Å²) in [6.45, 7) is 0.527. The quantitative estimate of drug-likeness (QED) is 0.828. The Bertz CT molecular complexity index is 440. The van der Waals surface area contributed by atoms with Gasteiger partial charge in [0.1, 0.15) is 6.29 Å². The highest BCUT2D eigenvalue weighted by Gasteiger charge is 1.88. The fourth-order valence-corrected chi connectivity index (χ4v) is 1.29. The number of hydrogen-bond donors (Lipinski definition) is 1. The van der Waals surface area contributed by atoms with Gasteiger partial charge in [-0.3, -0.25) is 4.79 Å². The Hall–Kier alpha value is -1.64. The Labute approximate surface area is 106 Å². The maximum atomic E-state index is 10.2. The molecule has 2 nitrogen and oxygen atoms in total. The largest absolute Gasteiger partial charge is 0.326 e. The van der Waals surface area contributed by atoms with Crippen LogP contribution < -0.4 is 5.73 Å². The maximum Gasteiger partial charge on any atom is 0.150 e. The van der Waals surface area contributed by atoms with E-state index in [1.165, 1.54) is 0 Å². The summed E-state index contributed by atoms with van der Waals surface area (Å²) in [5, 5.41) is 0.794. The average molecular weight is 248 g/mol. The second kappa shape index (κ2) is 7.60. The van der Waals surface area contributed by atoms with Crippen LogP contribution in [0.3, 0.4) is 0 Å². The Morgan fingerprint density at radius 3 is 1.94 bits per heavy atom. The normalized spacial score (nSPS) is 9.06. The summed E-state index contributed by atoms with van der Waals surface area (Å²) < 4.78 is 0. The Balaban J connectivity index is 0.000000181. The number of benzene rings is 2. The maximum absolute atomic E-state index is 10.2. The van der Waals surface area contributed by atoms with Gasteiger partial charge in [0.05, 0.1) is 0 Å². The first-order chi connectivity index (χ1) is 8.26. The van der Waals surface area contributed by atoms with Crippen LogP contribution in [0.5, 0.6) is 0 Å². The van der Waals surface area contributed by atoms with Crippen molar-refractivity contribution in [1.29, 1.82) is 0 Å². The van der Waals surface area contributed by atoms with Crippen LogP contribution >= 0.6 is 11.6 Å². The van der Waals surface area contributed by atoms with Gasteiger partial charge in [-0.25, -0.2) is 0 Å². The molecule has 0 radical (unpaired) electrons. The van der Waals surface area contributed by atoms with Crippen LogP contribution in [-0.2, 0) is 6.54 Å². The van der Waals surface area contributed by atoms with Gasteiger partial charge in [-0.2, -0.15) is 0 Å². The molecule has 0 saturated carbocycles. The van der Waals surface area contributed by atoms with Crippen molar-refractivity contribution in [2.75, 3.05) is 0 Å². The van der Waals surface area contributed by atoms with Gasteiger partial charge in [0.25, 0.3) is 0 Å². The van der Waals surface area contributed by atoms with E-state index >= 15 is 0 Å². The third-order valence-corrected chi connectivity index (χ3v) is 2.34. The molecule has 0 bridgehead atoms. The minimum atomic E-state index is 0.527. The monoisotopic (exact) mass is 247 g/mol. The fraction of sp³-hybridized carbons (Fsp3) is 0.0714. The van der Waals surface area contributed by atoms with E-state index in [9.17, 15) is 4.79 Å². The number of carbonyl (C=O) groups is 1. The molecule has 0 aliphatic heterocycles. The average Bonchev–Trinajstić information content (AvgIpc) is 2.40. The Morgan fingerprint density at radius 2 is 1.59 bits per heavy atom. The molecule has 88 valence electrons. The lowest BCUT2D eigenvalue weighted by molar-refractivity contribution is 0.112. The molecule has 2 aromatic carbocycles. The molecule has 0 spiro atoms. The van der Waals surface area contributed by atoms with E-state index in [4.69, 9.17) is 17.3 Å². The first kappa shape index (κ1) is 13.4. The topological polar surface area (TPSA) is 43.1 Å². The summed E-state index contributed by atoms with van der Waals surface area (Å²) >= 11 is 5.54. The lowest BCUT2D eigenvalue weighted by Crippen LogP contribution is -1.95. The lowest BCUT2D eigenvalue weighted by atomic mass is 10.1. The summed E-state index contributed by atoms with van der Waals surface area (Å²) in [4.78, 5) is 10.2. The van der Waals surface area contributed by atoms with E-state index in [0.717, 1.165) is 16.9 Å². The number of aldehydes is 1. The van der Waals surface area contributed by atoms with E-state index < -0.39 is 0 Å². The summed E-state index contributed by atoms with van der Waals surface area (Å²) in [6, 6.07) is 16.7. The molecule has 0 atom stereocenters. The molecule has 0 aliphatic rings. The van der Waals surface area contributed by atoms with Crippen LogP contribution in [0.4, 0.5) is 0 Å². The van der Waals surface area contributed by atoms with Crippen LogP contribution in [0.25, 0.3) is 0 Å². The predicted molar refractivity (Wildman–Crippen MR) is 71.2 cm³/mol. The molecule has 0 aromatic heterocycles. The number of nitrogens with two attached hydrogens (primary N) is 1. The first-order valence-electron chi connectivity index (χ1n) is 5.21. The third kappa shape index (κ3) is 5.29. The number of hydrogen-bond acceptors (Lipinski definition) is 2. The SMILES string of the molecule is Clc1ccccc1.NCc1ccc(C=O)cc1. The molecular formula is C14H14ClNO. The van der Waals surface area contributed by atoms with E-state index in [1.54, 1.807) is 12.1 Å². The van der Waals surface area contributed by atoms with Gasteiger partial charge in [0, 0.05) is 17.1 Å². The van der Waals surface area contributed by atoms with Crippen LogP contribution in [0.1, 0.15) is 15.9 Å². The molecule has 2 N–H and O–H groups in total. The van der Waals surface area contributed by atoms with Gasteiger partial charge in [-0.1, -0.05) is 54.1 Å². The van der Waals surface area contributed by atoms with Gasteiger partial charge in [-0.15, -0.1) is 0 Å². The minimum absolute atomic E-state index is 0.527. The van der Waals surface area contributed by atoms with Crippen LogP contribution in [0.15, 0.2) is 54.6 Å². The summed E-state index contributed by atoms with van der Waals surface area (Å²) in [5.41, 5.74) is 7.09. The van der Waals surface area contributed by atoms with Crippen LogP contribution in [-0.4, -0.2) is 6.29 Å². The third-order valence-electron chi connectivity index (χ3n) is 2.08. The van der Waals surface area contributed by atoms with E-state index in [2.05, 4.69) is 0 Å². The number of rotatable bonds is 2. The zero-order valence-electron chi connectivity index (χ0n) is 9.34. The zero-order valence-corrected chi connectivity index (χ0v) is 10.1. The molecule has 0 fully saturated rings. The van der Waals surface area contributed by atoms with Crippen molar-refractivity contribution in [3.8, 4) is 0 Å². The van der Waals surface area contributed by atoms with E-state index in [-0.39, 0.29) is 0 Å². The Morgan fingerprint density at radius 1 is 1.00 bits per heavy atom. The van der Waals surface area contributed by atoms with Crippen molar-refractivity contribution in [3.63, 3.8) is 0 Å².